The summed E-state index contributed by atoms with van der Waals surface area (Å²) in [5.74, 6) is -0.480. The number of nitrogens with one attached hydrogen (secondary N) is 1. The van der Waals surface area contributed by atoms with E-state index in [1.807, 2.05) is 5.48 Å². The van der Waals surface area contributed by atoms with Crippen molar-refractivity contribution in [2.45, 2.75) is 96.5 Å². The maximum absolute atomic E-state index is 11.4. The molecule has 0 aliphatic heterocycles. The SMILES string of the molecule is CCCCCC[C@@H](O)CC=CCCCCCCCC(=O)NOS(=O)(=O)OC. The Balaban J connectivity index is 3.45. The van der Waals surface area contributed by atoms with Crippen LogP contribution in [0, 0.1) is 0 Å². The van der Waals surface area contributed by atoms with Crippen molar-refractivity contribution < 1.29 is 26.8 Å². The van der Waals surface area contributed by atoms with E-state index in [1.54, 1.807) is 0 Å². The molecule has 0 fully saturated rings. The summed E-state index contributed by atoms with van der Waals surface area (Å²) in [5.41, 5.74) is 1.85. The maximum atomic E-state index is 11.4. The van der Waals surface area contributed by atoms with Crippen molar-refractivity contribution in [3.8, 4) is 0 Å². The van der Waals surface area contributed by atoms with Crippen LogP contribution in [-0.4, -0.2) is 32.6 Å². The smallest absolute Gasteiger partial charge is 0.393 e. The maximum Gasteiger partial charge on any atom is 0.420 e. The number of amides is 1. The van der Waals surface area contributed by atoms with Crippen LogP contribution in [0.2, 0.25) is 0 Å². The first-order chi connectivity index (χ1) is 12.9. The first-order valence-electron chi connectivity index (χ1n) is 10.0. The molecule has 0 saturated carbocycles. The third-order valence-electron chi connectivity index (χ3n) is 4.20. The van der Waals surface area contributed by atoms with Gasteiger partial charge in [0.2, 0.25) is 5.91 Å². The second-order valence-electron chi connectivity index (χ2n) is 6.70. The molecule has 0 aromatic heterocycles. The third-order valence-corrected chi connectivity index (χ3v) is 4.90. The lowest BCUT2D eigenvalue weighted by atomic mass is 10.1. The molecule has 0 spiro atoms. The van der Waals surface area contributed by atoms with Gasteiger partial charge in [0, 0.05) is 6.42 Å². The molecular formula is C19H37NO6S. The highest BCUT2D eigenvalue weighted by atomic mass is 32.3. The van der Waals surface area contributed by atoms with Crippen LogP contribution in [-0.2, 0) is 23.7 Å². The molecule has 1 atom stereocenters. The zero-order chi connectivity index (χ0) is 20.4. The second kappa shape index (κ2) is 17.2. The fourth-order valence-corrected chi connectivity index (χ4v) is 2.82. The first kappa shape index (κ1) is 26.0. The minimum Gasteiger partial charge on any atom is -0.393 e. The van der Waals surface area contributed by atoms with E-state index < -0.39 is 16.3 Å². The lowest BCUT2D eigenvalue weighted by molar-refractivity contribution is -0.128. The molecule has 0 aromatic rings. The Morgan fingerprint density at radius 1 is 1.04 bits per heavy atom. The average Bonchev–Trinajstić information content (AvgIpc) is 2.65. The van der Waals surface area contributed by atoms with Crippen LogP contribution >= 0.6 is 0 Å². The Morgan fingerprint density at radius 3 is 2.41 bits per heavy atom. The van der Waals surface area contributed by atoms with Gasteiger partial charge in [0.15, 0.2) is 0 Å². The van der Waals surface area contributed by atoms with Crippen LogP contribution in [0.25, 0.3) is 0 Å². The Labute approximate surface area is 164 Å². The summed E-state index contributed by atoms with van der Waals surface area (Å²) < 4.78 is 29.9. The Bertz CT molecular complexity index is 492. The molecule has 0 saturated heterocycles. The van der Waals surface area contributed by atoms with Gasteiger partial charge in [-0.1, -0.05) is 64.0 Å². The van der Waals surface area contributed by atoms with Crippen LogP contribution in [0.3, 0.4) is 0 Å². The van der Waals surface area contributed by atoms with Gasteiger partial charge < -0.3 is 5.11 Å². The molecule has 2 N–H and O–H groups in total. The number of allylic oxidation sites excluding steroid dienone is 1. The summed E-state index contributed by atoms with van der Waals surface area (Å²) in [6.07, 6.45) is 16.4. The van der Waals surface area contributed by atoms with Gasteiger partial charge in [-0.15, -0.1) is 4.28 Å². The summed E-state index contributed by atoms with van der Waals surface area (Å²) in [6, 6.07) is 0. The molecule has 0 aromatic carbocycles. The fourth-order valence-electron chi connectivity index (χ4n) is 2.56. The summed E-state index contributed by atoms with van der Waals surface area (Å²) in [7, 11) is -3.18. The monoisotopic (exact) mass is 407 g/mol. The number of aliphatic hydroxyl groups is 1. The molecule has 0 aliphatic carbocycles. The number of aliphatic hydroxyl groups excluding tert-OH is 1. The van der Waals surface area contributed by atoms with Gasteiger partial charge in [-0.25, -0.2) is 5.48 Å². The van der Waals surface area contributed by atoms with Crippen molar-refractivity contribution in [1.29, 1.82) is 0 Å². The van der Waals surface area contributed by atoms with Gasteiger partial charge in [0.1, 0.15) is 0 Å². The molecular weight excluding hydrogens is 370 g/mol. The summed E-state index contributed by atoms with van der Waals surface area (Å²) in [5, 5.41) is 9.86. The van der Waals surface area contributed by atoms with Crippen LogP contribution in [0.5, 0.6) is 0 Å². The van der Waals surface area contributed by atoms with Crippen molar-refractivity contribution >= 4 is 16.3 Å². The minimum absolute atomic E-state index is 0.216. The minimum atomic E-state index is -4.13. The normalized spacial score (nSPS) is 13.1. The number of hydrogen-bond donors (Lipinski definition) is 2. The Kier molecular flexibility index (Phi) is 16.5. The first-order valence-corrected chi connectivity index (χ1v) is 11.4. The van der Waals surface area contributed by atoms with Crippen LogP contribution in [0.15, 0.2) is 12.2 Å². The summed E-state index contributed by atoms with van der Waals surface area (Å²) in [6.45, 7) is 2.18. The van der Waals surface area contributed by atoms with Crippen molar-refractivity contribution in [3.63, 3.8) is 0 Å². The summed E-state index contributed by atoms with van der Waals surface area (Å²) in [4.78, 5) is 11.4. The number of hydrogen-bond acceptors (Lipinski definition) is 6. The van der Waals surface area contributed by atoms with Gasteiger partial charge in [-0.3, -0.25) is 8.98 Å². The molecule has 27 heavy (non-hydrogen) atoms. The highest BCUT2D eigenvalue weighted by Gasteiger charge is 2.11. The topological polar surface area (TPSA) is 102 Å². The number of carbonyl (C=O) groups excluding carboxylic acids is 1. The standard InChI is InChI=1S/C19H37NO6S/c1-3-4-5-12-15-18(21)16-13-10-8-6-7-9-11-14-17-19(22)20-26-27(23,24)25-2/h10,13,18,21H,3-9,11-12,14-17H2,1-2H3,(H,20,22)/t18-/m1/s1. The van der Waals surface area contributed by atoms with Crippen LogP contribution in [0.4, 0.5) is 0 Å². The fraction of sp³-hybridized carbons (Fsp3) is 0.842. The second-order valence-corrected chi connectivity index (χ2v) is 8.02. The van der Waals surface area contributed by atoms with E-state index in [4.69, 9.17) is 0 Å². The molecule has 7 nitrogen and oxygen atoms in total. The highest BCUT2D eigenvalue weighted by molar-refractivity contribution is 7.81. The van der Waals surface area contributed by atoms with E-state index in [0.717, 1.165) is 58.5 Å². The number of unbranched alkanes of at least 4 members (excludes halogenated alkanes) is 8. The molecule has 0 unspecified atom stereocenters. The molecule has 160 valence electrons. The Hall–Kier alpha value is -0.960. The van der Waals surface area contributed by atoms with Gasteiger partial charge in [0.05, 0.1) is 13.2 Å². The molecule has 0 radical (unpaired) electrons. The van der Waals surface area contributed by atoms with E-state index in [2.05, 4.69) is 27.5 Å². The molecule has 0 heterocycles. The lowest BCUT2D eigenvalue weighted by Crippen LogP contribution is -2.27. The third kappa shape index (κ3) is 18.2. The van der Waals surface area contributed by atoms with Gasteiger partial charge in [-0.2, -0.15) is 8.42 Å². The van der Waals surface area contributed by atoms with Gasteiger partial charge >= 0.3 is 10.4 Å². The zero-order valence-corrected chi connectivity index (χ0v) is 17.6. The largest absolute Gasteiger partial charge is 0.420 e. The number of hydroxylamine groups is 1. The van der Waals surface area contributed by atoms with Crippen LogP contribution < -0.4 is 5.48 Å². The van der Waals surface area contributed by atoms with Crippen molar-refractivity contribution in [2.75, 3.05) is 7.11 Å². The van der Waals surface area contributed by atoms with E-state index in [1.165, 1.54) is 19.3 Å². The highest BCUT2D eigenvalue weighted by Crippen LogP contribution is 2.10. The molecule has 0 aliphatic rings. The lowest BCUT2D eigenvalue weighted by Gasteiger charge is -2.07. The summed E-state index contributed by atoms with van der Waals surface area (Å²) >= 11 is 0. The number of rotatable bonds is 18. The predicted molar refractivity (Wildman–Crippen MR) is 106 cm³/mol. The quantitative estimate of drug-likeness (QED) is 0.203. The Morgan fingerprint density at radius 2 is 1.70 bits per heavy atom. The molecule has 8 heteroatoms. The van der Waals surface area contributed by atoms with Crippen LogP contribution in [0.1, 0.15) is 90.4 Å². The van der Waals surface area contributed by atoms with Crippen molar-refractivity contribution in [2.24, 2.45) is 0 Å². The number of carbonyl (C=O) groups is 1. The average molecular weight is 408 g/mol. The van der Waals surface area contributed by atoms with E-state index >= 15 is 0 Å². The van der Waals surface area contributed by atoms with Crippen molar-refractivity contribution in [3.05, 3.63) is 12.2 Å². The van der Waals surface area contributed by atoms with Gasteiger partial charge in [0.25, 0.3) is 0 Å². The zero-order valence-electron chi connectivity index (χ0n) is 16.8. The molecule has 0 rings (SSSR count). The molecule has 0 bridgehead atoms. The van der Waals surface area contributed by atoms with E-state index in [0.29, 0.717) is 6.42 Å². The van der Waals surface area contributed by atoms with E-state index in [-0.39, 0.29) is 12.5 Å². The van der Waals surface area contributed by atoms with Crippen molar-refractivity contribution in [1.82, 2.24) is 5.48 Å². The van der Waals surface area contributed by atoms with Gasteiger partial charge in [-0.05, 0) is 32.1 Å². The molecule has 1 amide bonds. The van der Waals surface area contributed by atoms with E-state index in [9.17, 15) is 18.3 Å². The predicted octanol–water partition coefficient (Wildman–Crippen LogP) is 3.93.